The van der Waals surface area contributed by atoms with Crippen LogP contribution >= 0.6 is 11.3 Å². The zero-order chi connectivity index (χ0) is 16.6. The monoisotopic (exact) mass is 352 g/mol. The number of aromatic nitrogens is 1. The minimum atomic E-state index is -3.75. The summed E-state index contributed by atoms with van der Waals surface area (Å²) in [6.45, 7) is 3.35. The molecule has 23 heavy (non-hydrogen) atoms. The molecule has 0 fully saturated rings. The Morgan fingerprint density at radius 3 is 2.65 bits per heavy atom. The molecule has 0 aliphatic carbocycles. The van der Waals surface area contributed by atoms with E-state index >= 15 is 0 Å². The van der Waals surface area contributed by atoms with E-state index in [4.69, 9.17) is 4.42 Å². The molecule has 0 saturated heterocycles. The zero-order valence-electron chi connectivity index (χ0n) is 12.3. The SMILES string of the molecule is Cc1ncc(-c2ccc(S(=O)(=O)Nc3ccc(F)cc3C)s2)o1. The van der Waals surface area contributed by atoms with Crippen LogP contribution in [0.2, 0.25) is 0 Å². The first-order valence-corrected chi connectivity index (χ1v) is 8.97. The number of hydrogen-bond donors (Lipinski definition) is 1. The predicted octanol–water partition coefficient (Wildman–Crippen LogP) is 3.96. The van der Waals surface area contributed by atoms with E-state index in [1.165, 1.54) is 24.3 Å². The van der Waals surface area contributed by atoms with Crippen LogP contribution in [0.15, 0.2) is 45.2 Å². The minimum absolute atomic E-state index is 0.144. The highest BCUT2D eigenvalue weighted by molar-refractivity contribution is 7.94. The molecule has 0 saturated carbocycles. The summed E-state index contributed by atoms with van der Waals surface area (Å²) >= 11 is 1.08. The zero-order valence-corrected chi connectivity index (χ0v) is 14.0. The van der Waals surface area contributed by atoms with Crippen molar-refractivity contribution >= 4 is 27.0 Å². The Balaban J connectivity index is 1.89. The number of anilines is 1. The summed E-state index contributed by atoms with van der Waals surface area (Å²) in [5, 5.41) is 0. The van der Waals surface area contributed by atoms with Crippen LogP contribution in [0.1, 0.15) is 11.5 Å². The Kier molecular flexibility index (Phi) is 3.95. The maximum atomic E-state index is 13.1. The van der Waals surface area contributed by atoms with Crippen molar-refractivity contribution in [3.05, 3.63) is 53.8 Å². The van der Waals surface area contributed by atoms with Crippen molar-refractivity contribution in [3.8, 4) is 10.6 Å². The molecule has 1 aromatic carbocycles. The smallest absolute Gasteiger partial charge is 0.271 e. The van der Waals surface area contributed by atoms with Gasteiger partial charge in [-0.05, 0) is 42.8 Å². The molecule has 0 amide bonds. The summed E-state index contributed by atoms with van der Waals surface area (Å²) in [6, 6.07) is 7.04. The van der Waals surface area contributed by atoms with E-state index < -0.39 is 15.8 Å². The van der Waals surface area contributed by atoms with Gasteiger partial charge in [0, 0.05) is 6.92 Å². The lowest BCUT2D eigenvalue weighted by Gasteiger charge is -2.09. The number of hydrogen-bond acceptors (Lipinski definition) is 5. The average Bonchev–Trinajstić information content (AvgIpc) is 3.10. The number of thiophene rings is 1. The maximum absolute atomic E-state index is 13.1. The van der Waals surface area contributed by atoms with Crippen LogP contribution in [0.3, 0.4) is 0 Å². The quantitative estimate of drug-likeness (QED) is 0.771. The summed E-state index contributed by atoms with van der Waals surface area (Å²) in [5.74, 6) is 0.620. The van der Waals surface area contributed by atoms with Crippen molar-refractivity contribution in [2.75, 3.05) is 4.72 Å². The second kappa shape index (κ2) is 5.78. The van der Waals surface area contributed by atoms with Crippen molar-refractivity contribution in [2.24, 2.45) is 0 Å². The highest BCUT2D eigenvalue weighted by atomic mass is 32.2. The highest BCUT2D eigenvalue weighted by Gasteiger charge is 2.19. The number of oxazole rings is 1. The molecule has 1 N–H and O–H groups in total. The first-order chi connectivity index (χ1) is 10.8. The molecule has 8 heteroatoms. The predicted molar refractivity (Wildman–Crippen MR) is 86.5 cm³/mol. The van der Waals surface area contributed by atoms with Gasteiger partial charge in [0.1, 0.15) is 10.0 Å². The molecule has 0 spiro atoms. The Morgan fingerprint density at radius 1 is 1.22 bits per heavy atom. The molecule has 0 bridgehead atoms. The largest absolute Gasteiger partial charge is 0.440 e. The fourth-order valence-corrected chi connectivity index (χ4v) is 4.39. The Hall–Kier alpha value is -2.19. The van der Waals surface area contributed by atoms with E-state index in [2.05, 4.69) is 9.71 Å². The van der Waals surface area contributed by atoms with Crippen molar-refractivity contribution in [3.63, 3.8) is 0 Å². The molecule has 0 aliphatic rings. The Morgan fingerprint density at radius 2 is 2.00 bits per heavy atom. The lowest BCUT2D eigenvalue weighted by Crippen LogP contribution is -2.12. The molecule has 0 atom stereocenters. The Bertz CT molecular complexity index is 961. The van der Waals surface area contributed by atoms with Gasteiger partial charge in [-0.25, -0.2) is 17.8 Å². The number of halogens is 1. The van der Waals surface area contributed by atoms with Crippen molar-refractivity contribution in [2.45, 2.75) is 18.1 Å². The number of nitrogens with one attached hydrogen (secondary N) is 1. The summed E-state index contributed by atoms with van der Waals surface area (Å²) in [4.78, 5) is 4.66. The Labute approximate surface area is 136 Å². The van der Waals surface area contributed by atoms with Gasteiger partial charge in [-0.15, -0.1) is 11.3 Å². The standard InChI is InChI=1S/C15H13FN2O3S2/c1-9-7-11(16)3-4-12(9)18-23(19,20)15-6-5-14(22-15)13-8-17-10(2)21-13/h3-8,18H,1-2H3. The average molecular weight is 352 g/mol. The van der Waals surface area contributed by atoms with Crippen molar-refractivity contribution in [1.29, 1.82) is 0 Å². The summed E-state index contributed by atoms with van der Waals surface area (Å²) in [6.07, 6.45) is 1.55. The molecular formula is C15H13FN2O3S2. The summed E-state index contributed by atoms with van der Waals surface area (Å²) in [7, 11) is -3.75. The van der Waals surface area contributed by atoms with Gasteiger partial charge in [-0.1, -0.05) is 0 Å². The molecule has 2 heterocycles. The van der Waals surface area contributed by atoms with Crippen LogP contribution in [-0.4, -0.2) is 13.4 Å². The molecule has 3 rings (SSSR count). The first kappa shape index (κ1) is 15.7. The number of rotatable bonds is 4. The molecule has 120 valence electrons. The number of nitrogens with zero attached hydrogens (tertiary/aromatic N) is 1. The van der Waals surface area contributed by atoms with E-state index in [0.717, 1.165) is 11.3 Å². The van der Waals surface area contributed by atoms with Crippen LogP contribution in [0, 0.1) is 19.7 Å². The van der Waals surface area contributed by atoms with Gasteiger partial charge in [0.15, 0.2) is 11.7 Å². The van der Waals surface area contributed by atoms with Gasteiger partial charge in [0.2, 0.25) is 0 Å². The third-order valence-corrected chi connectivity index (χ3v) is 6.10. The van der Waals surface area contributed by atoms with Gasteiger partial charge in [-0.2, -0.15) is 0 Å². The van der Waals surface area contributed by atoms with Crippen LogP contribution in [-0.2, 0) is 10.0 Å². The topological polar surface area (TPSA) is 72.2 Å². The molecule has 3 aromatic rings. The van der Waals surface area contributed by atoms with Crippen LogP contribution in [0.5, 0.6) is 0 Å². The molecule has 0 unspecified atom stereocenters. The lowest BCUT2D eigenvalue weighted by molar-refractivity contribution is 0.535. The normalized spacial score (nSPS) is 11.6. The van der Waals surface area contributed by atoms with E-state index in [9.17, 15) is 12.8 Å². The lowest BCUT2D eigenvalue weighted by atomic mass is 10.2. The van der Waals surface area contributed by atoms with Gasteiger partial charge in [-0.3, -0.25) is 4.72 Å². The number of sulfonamides is 1. The van der Waals surface area contributed by atoms with Crippen molar-refractivity contribution in [1.82, 2.24) is 4.98 Å². The molecule has 0 aliphatic heterocycles. The third kappa shape index (κ3) is 3.27. The second-order valence-corrected chi connectivity index (χ2v) is 7.92. The van der Waals surface area contributed by atoms with Crippen molar-refractivity contribution < 1.29 is 17.2 Å². The minimum Gasteiger partial charge on any atom is -0.440 e. The molecule has 0 radical (unpaired) electrons. The van der Waals surface area contributed by atoms with Gasteiger partial charge < -0.3 is 4.42 Å². The summed E-state index contributed by atoms with van der Waals surface area (Å²) < 4.78 is 46.0. The van der Waals surface area contributed by atoms with Gasteiger partial charge in [0.05, 0.1) is 16.8 Å². The van der Waals surface area contributed by atoms with Gasteiger partial charge in [0.25, 0.3) is 10.0 Å². The van der Waals surface area contributed by atoms with E-state index in [1.807, 2.05) is 0 Å². The van der Waals surface area contributed by atoms with Crippen LogP contribution < -0.4 is 4.72 Å². The van der Waals surface area contributed by atoms with Crippen LogP contribution in [0.25, 0.3) is 10.6 Å². The van der Waals surface area contributed by atoms with E-state index in [0.29, 0.717) is 27.8 Å². The van der Waals surface area contributed by atoms with Gasteiger partial charge >= 0.3 is 0 Å². The second-order valence-electron chi connectivity index (χ2n) is 4.93. The molecule has 2 aromatic heterocycles. The number of aryl methyl sites for hydroxylation is 2. The molecule has 5 nitrogen and oxygen atoms in total. The fraction of sp³-hybridized carbons (Fsp3) is 0.133. The maximum Gasteiger partial charge on any atom is 0.271 e. The molecular weight excluding hydrogens is 339 g/mol. The third-order valence-electron chi connectivity index (χ3n) is 3.14. The van der Waals surface area contributed by atoms with E-state index in [1.54, 1.807) is 26.1 Å². The number of benzene rings is 1. The first-order valence-electron chi connectivity index (χ1n) is 6.67. The van der Waals surface area contributed by atoms with Crippen LogP contribution in [0.4, 0.5) is 10.1 Å². The highest BCUT2D eigenvalue weighted by Crippen LogP contribution is 2.32. The summed E-state index contributed by atoms with van der Waals surface area (Å²) in [5.41, 5.74) is 0.855. The van der Waals surface area contributed by atoms with E-state index in [-0.39, 0.29) is 4.21 Å². The fourth-order valence-electron chi connectivity index (χ4n) is 2.01.